The van der Waals surface area contributed by atoms with Crippen molar-refractivity contribution in [1.82, 2.24) is 15.0 Å². The topological polar surface area (TPSA) is 88.1 Å². The highest BCUT2D eigenvalue weighted by Gasteiger charge is 2.24. The molecule has 1 aliphatic carbocycles. The van der Waals surface area contributed by atoms with Crippen molar-refractivity contribution in [2.24, 2.45) is 5.92 Å². The molecule has 0 spiro atoms. The van der Waals surface area contributed by atoms with Crippen molar-refractivity contribution >= 4 is 21.6 Å². The van der Waals surface area contributed by atoms with E-state index >= 15 is 0 Å². The molecular formula is C24H23N3O3S. The van der Waals surface area contributed by atoms with Crippen LogP contribution in [0.1, 0.15) is 30.7 Å². The van der Waals surface area contributed by atoms with E-state index in [0.717, 1.165) is 52.2 Å². The Labute approximate surface area is 183 Å². The standard InChI is InChI=1S/C24H23N3O3S/c28-21-4-2-1-3-16(21)12-24-27-19-6-5-17(14-22(19)31-24)30-18-8-10-25-20(13-18)15-7-9-26-23(29)11-15/h5-11,13-14,16,21,28H,1-4,12H2,(H,26,29)/t16-,21+/m0/s1. The second-order valence-electron chi connectivity index (χ2n) is 7.97. The number of ether oxygens (including phenoxy) is 1. The van der Waals surface area contributed by atoms with Gasteiger partial charge in [-0.1, -0.05) is 12.8 Å². The van der Waals surface area contributed by atoms with Crippen molar-refractivity contribution < 1.29 is 9.84 Å². The van der Waals surface area contributed by atoms with E-state index in [1.54, 1.807) is 29.8 Å². The molecule has 158 valence electrons. The number of nitrogens with one attached hydrogen (secondary N) is 1. The van der Waals surface area contributed by atoms with Gasteiger partial charge in [-0.15, -0.1) is 11.3 Å². The molecule has 0 saturated heterocycles. The van der Waals surface area contributed by atoms with E-state index in [9.17, 15) is 9.90 Å². The number of benzene rings is 1. The van der Waals surface area contributed by atoms with Gasteiger partial charge in [0.1, 0.15) is 11.5 Å². The van der Waals surface area contributed by atoms with E-state index in [1.807, 2.05) is 30.3 Å². The van der Waals surface area contributed by atoms with Gasteiger partial charge in [0.05, 0.1) is 27.0 Å². The molecule has 2 atom stereocenters. The van der Waals surface area contributed by atoms with Crippen LogP contribution in [-0.2, 0) is 6.42 Å². The molecule has 5 rings (SSSR count). The fourth-order valence-electron chi connectivity index (χ4n) is 4.13. The maximum atomic E-state index is 11.6. The molecule has 2 N–H and O–H groups in total. The molecule has 1 fully saturated rings. The highest BCUT2D eigenvalue weighted by atomic mass is 32.1. The fourth-order valence-corrected chi connectivity index (χ4v) is 5.22. The molecule has 7 heteroatoms. The average molecular weight is 434 g/mol. The summed E-state index contributed by atoms with van der Waals surface area (Å²) in [5, 5.41) is 11.3. The zero-order chi connectivity index (χ0) is 21.2. The largest absolute Gasteiger partial charge is 0.457 e. The van der Waals surface area contributed by atoms with Crippen molar-refractivity contribution in [2.75, 3.05) is 0 Å². The Morgan fingerprint density at radius 2 is 1.97 bits per heavy atom. The highest BCUT2D eigenvalue weighted by Crippen LogP contribution is 2.33. The van der Waals surface area contributed by atoms with Gasteiger partial charge in [0.15, 0.2) is 0 Å². The first-order valence-electron chi connectivity index (χ1n) is 10.5. The minimum atomic E-state index is -0.208. The van der Waals surface area contributed by atoms with Gasteiger partial charge in [-0.25, -0.2) is 4.98 Å². The van der Waals surface area contributed by atoms with Crippen molar-refractivity contribution in [1.29, 1.82) is 0 Å². The molecule has 0 unspecified atom stereocenters. The molecule has 1 aliphatic rings. The Morgan fingerprint density at radius 1 is 1.10 bits per heavy atom. The maximum absolute atomic E-state index is 11.6. The Balaban J connectivity index is 1.35. The van der Waals surface area contributed by atoms with Crippen LogP contribution in [0.4, 0.5) is 0 Å². The summed E-state index contributed by atoms with van der Waals surface area (Å²) in [5.74, 6) is 1.69. The molecule has 0 bridgehead atoms. The molecule has 0 aliphatic heterocycles. The number of aromatic amines is 1. The van der Waals surface area contributed by atoms with Crippen LogP contribution in [0.3, 0.4) is 0 Å². The molecule has 31 heavy (non-hydrogen) atoms. The second-order valence-corrected chi connectivity index (χ2v) is 9.09. The van der Waals surface area contributed by atoms with Crippen LogP contribution in [0.5, 0.6) is 11.5 Å². The van der Waals surface area contributed by atoms with Crippen molar-refractivity contribution in [3.05, 3.63) is 70.2 Å². The van der Waals surface area contributed by atoms with Crippen LogP contribution in [0, 0.1) is 5.92 Å². The predicted molar refractivity (Wildman–Crippen MR) is 122 cm³/mol. The third-order valence-electron chi connectivity index (χ3n) is 5.75. The van der Waals surface area contributed by atoms with Crippen LogP contribution in [0.25, 0.3) is 21.5 Å². The zero-order valence-electron chi connectivity index (χ0n) is 17.0. The number of aliphatic hydroxyl groups is 1. The van der Waals surface area contributed by atoms with Gasteiger partial charge in [0.2, 0.25) is 5.56 Å². The van der Waals surface area contributed by atoms with E-state index in [2.05, 4.69) is 9.97 Å². The van der Waals surface area contributed by atoms with E-state index in [0.29, 0.717) is 17.4 Å². The SMILES string of the molecule is O=c1cc(-c2cc(Oc3ccc4nc(C[C@@H]5CCCC[C@H]5O)sc4c3)ccn2)cc[nH]1. The number of fused-ring (bicyclic) bond motifs is 1. The smallest absolute Gasteiger partial charge is 0.248 e. The number of pyridine rings is 2. The van der Waals surface area contributed by atoms with Crippen molar-refractivity contribution in [3.8, 4) is 22.8 Å². The molecule has 3 aromatic heterocycles. The first-order valence-corrected chi connectivity index (χ1v) is 11.4. The lowest BCUT2D eigenvalue weighted by Crippen LogP contribution is -2.26. The normalized spacial score (nSPS) is 18.9. The summed E-state index contributed by atoms with van der Waals surface area (Å²) < 4.78 is 7.14. The average Bonchev–Trinajstić information content (AvgIpc) is 3.17. The number of thiazole rings is 1. The van der Waals surface area contributed by atoms with Gasteiger partial charge in [-0.3, -0.25) is 9.78 Å². The monoisotopic (exact) mass is 433 g/mol. The first-order chi connectivity index (χ1) is 15.1. The summed E-state index contributed by atoms with van der Waals surface area (Å²) >= 11 is 1.67. The molecule has 1 aromatic carbocycles. The lowest BCUT2D eigenvalue weighted by Gasteiger charge is -2.26. The number of H-pyrrole nitrogens is 1. The molecule has 3 heterocycles. The summed E-state index contributed by atoms with van der Waals surface area (Å²) in [6.07, 6.45) is 8.19. The third kappa shape index (κ3) is 4.52. The first kappa shape index (κ1) is 19.9. The number of rotatable bonds is 5. The van der Waals surface area contributed by atoms with Crippen LogP contribution < -0.4 is 10.3 Å². The lowest BCUT2D eigenvalue weighted by atomic mass is 9.84. The Hall–Kier alpha value is -3.03. The maximum Gasteiger partial charge on any atom is 0.248 e. The summed E-state index contributed by atoms with van der Waals surface area (Å²) in [4.78, 5) is 23.3. The summed E-state index contributed by atoms with van der Waals surface area (Å²) in [6.45, 7) is 0. The zero-order valence-corrected chi connectivity index (χ0v) is 17.8. The van der Waals surface area contributed by atoms with E-state index in [4.69, 9.17) is 9.72 Å². The minimum Gasteiger partial charge on any atom is -0.457 e. The van der Waals surface area contributed by atoms with Crippen LogP contribution >= 0.6 is 11.3 Å². The predicted octanol–water partition coefficient (Wildman–Crippen LogP) is 4.93. The molecule has 4 aromatic rings. The molecule has 0 amide bonds. The van der Waals surface area contributed by atoms with E-state index in [1.165, 1.54) is 12.5 Å². The van der Waals surface area contributed by atoms with Gasteiger partial charge in [0.25, 0.3) is 0 Å². The Bertz CT molecular complexity index is 1270. The van der Waals surface area contributed by atoms with E-state index < -0.39 is 0 Å². The molecule has 0 radical (unpaired) electrons. The number of hydrogen-bond acceptors (Lipinski definition) is 6. The molecular weight excluding hydrogens is 410 g/mol. The van der Waals surface area contributed by atoms with Gasteiger partial charge < -0.3 is 14.8 Å². The summed E-state index contributed by atoms with van der Waals surface area (Å²) in [7, 11) is 0. The number of aromatic nitrogens is 3. The van der Waals surface area contributed by atoms with Gasteiger partial charge in [-0.2, -0.15) is 0 Å². The van der Waals surface area contributed by atoms with Gasteiger partial charge in [-0.05, 0) is 43.0 Å². The van der Waals surface area contributed by atoms with Gasteiger partial charge in [0, 0.05) is 42.6 Å². The van der Waals surface area contributed by atoms with Crippen LogP contribution in [-0.4, -0.2) is 26.2 Å². The minimum absolute atomic E-state index is 0.169. The van der Waals surface area contributed by atoms with Crippen LogP contribution in [0.2, 0.25) is 0 Å². The van der Waals surface area contributed by atoms with Crippen molar-refractivity contribution in [2.45, 2.75) is 38.2 Å². The quantitative estimate of drug-likeness (QED) is 0.466. The van der Waals surface area contributed by atoms with Gasteiger partial charge >= 0.3 is 0 Å². The third-order valence-corrected chi connectivity index (χ3v) is 6.79. The summed E-state index contributed by atoms with van der Waals surface area (Å²) in [5.41, 5.74) is 2.20. The Kier molecular flexibility index (Phi) is 5.53. The fraction of sp³-hybridized carbons (Fsp3) is 0.292. The molecule has 1 saturated carbocycles. The Morgan fingerprint density at radius 3 is 2.84 bits per heavy atom. The number of aliphatic hydroxyl groups excluding tert-OH is 1. The molecule has 6 nitrogen and oxygen atoms in total. The van der Waals surface area contributed by atoms with Crippen molar-refractivity contribution in [3.63, 3.8) is 0 Å². The lowest BCUT2D eigenvalue weighted by molar-refractivity contribution is 0.0700. The second kappa shape index (κ2) is 8.61. The van der Waals surface area contributed by atoms with Crippen LogP contribution in [0.15, 0.2) is 59.7 Å². The number of nitrogens with zero attached hydrogens (tertiary/aromatic N) is 2. The highest BCUT2D eigenvalue weighted by molar-refractivity contribution is 7.18. The number of hydrogen-bond donors (Lipinski definition) is 2. The van der Waals surface area contributed by atoms with E-state index in [-0.39, 0.29) is 11.7 Å². The summed E-state index contributed by atoms with van der Waals surface area (Å²) in [6, 6.07) is 12.8.